The molecule has 2 aromatic carbocycles. The predicted molar refractivity (Wildman–Crippen MR) is 78.8 cm³/mol. The maximum Gasteiger partial charge on any atom is 0.200 e. The van der Waals surface area contributed by atoms with Crippen molar-refractivity contribution in [2.75, 3.05) is 13.2 Å². The fraction of sp³-hybridized carbons (Fsp3) is 0.188. The van der Waals surface area contributed by atoms with Gasteiger partial charge in [0.05, 0.1) is 11.6 Å². The van der Waals surface area contributed by atoms with Gasteiger partial charge in [0.15, 0.2) is 12.4 Å². The standard InChI is InChI=1S/C16H14ClFO3/c1-2-20-13-6-3-11(4-7-13)15(19)10-21-16-8-5-12(18)9-14(16)17/h3-9H,2,10H2,1H3. The number of rotatable bonds is 6. The summed E-state index contributed by atoms with van der Waals surface area (Å²) in [5.41, 5.74) is 0.511. The van der Waals surface area contributed by atoms with Crippen LogP contribution in [0.1, 0.15) is 17.3 Å². The molecule has 5 heteroatoms. The summed E-state index contributed by atoms with van der Waals surface area (Å²) in [6.07, 6.45) is 0. The van der Waals surface area contributed by atoms with Crippen molar-refractivity contribution in [1.29, 1.82) is 0 Å². The van der Waals surface area contributed by atoms with E-state index in [0.717, 1.165) is 6.07 Å². The van der Waals surface area contributed by atoms with E-state index in [1.54, 1.807) is 24.3 Å². The highest BCUT2D eigenvalue weighted by molar-refractivity contribution is 6.32. The van der Waals surface area contributed by atoms with E-state index in [1.807, 2.05) is 6.92 Å². The summed E-state index contributed by atoms with van der Waals surface area (Å²) in [5.74, 6) is 0.331. The molecule has 0 heterocycles. The summed E-state index contributed by atoms with van der Waals surface area (Å²) in [6, 6.07) is 10.5. The second-order valence-electron chi connectivity index (χ2n) is 4.24. The number of ether oxygens (including phenoxy) is 2. The summed E-state index contributed by atoms with van der Waals surface area (Å²) in [6.45, 7) is 2.29. The first-order valence-corrected chi connectivity index (χ1v) is 6.82. The third-order valence-electron chi connectivity index (χ3n) is 2.74. The molecule has 0 bridgehead atoms. The first-order valence-electron chi connectivity index (χ1n) is 6.44. The lowest BCUT2D eigenvalue weighted by atomic mass is 10.1. The van der Waals surface area contributed by atoms with Crippen LogP contribution >= 0.6 is 11.6 Å². The average molecular weight is 309 g/mol. The topological polar surface area (TPSA) is 35.5 Å². The third kappa shape index (κ3) is 4.20. The number of hydrogen-bond donors (Lipinski definition) is 0. The number of ketones is 1. The van der Waals surface area contributed by atoms with Crippen LogP contribution in [0.15, 0.2) is 42.5 Å². The number of carbonyl (C=O) groups is 1. The Hall–Kier alpha value is -2.07. The van der Waals surface area contributed by atoms with E-state index in [-0.39, 0.29) is 23.2 Å². The lowest BCUT2D eigenvalue weighted by molar-refractivity contribution is 0.0921. The SMILES string of the molecule is CCOc1ccc(C(=O)COc2ccc(F)cc2Cl)cc1. The fourth-order valence-electron chi connectivity index (χ4n) is 1.72. The molecule has 0 fully saturated rings. The molecule has 0 spiro atoms. The second-order valence-corrected chi connectivity index (χ2v) is 4.65. The Bertz CT molecular complexity index is 626. The zero-order chi connectivity index (χ0) is 15.2. The van der Waals surface area contributed by atoms with Gasteiger partial charge in [-0.2, -0.15) is 0 Å². The summed E-state index contributed by atoms with van der Waals surface area (Å²) in [4.78, 5) is 12.0. The average Bonchev–Trinajstić information content (AvgIpc) is 2.47. The molecular weight excluding hydrogens is 295 g/mol. The highest BCUT2D eigenvalue weighted by Crippen LogP contribution is 2.25. The minimum absolute atomic E-state index is 0.134. The highest BCUT2D eigenvalue weighted by Gasteiger charge is 2.09. The largest absolute Gasteiger partial charge is 0.494 e. The van der Waals surface area contributed by atoms with Crippen molar-refractivity contribution in [3.05, 3.63) is 58.9 Å². The number of halogens is 2. The molecule has 0 saturated carbocycles. The predicted octanol–water partition coefficient (Wildman–Crippen LogP) is 4.14. The molecule has 2 rings (SSSR count). The maximum absolute atomic E-state index is 12.9. The number of hydrogen-bond acceptors (Lipinski definition) is 3. The number of carbonyl (C=O) groups excluding carboxylic acids is 1. The van der Waals surface area contributed by atoms with Gasteiger partial charge in [-0.15, -0.1) is 0 Å². The first-order chi connectivity index (χ1) is 10.1. The van der Waals surface area contributed by atoms with Gasteiger partial charge in [-0.05, 0) is 49.4 Å². The van der Waals surface area contributed by atoms with Crippen molar-refractivity contribution in [1.82, 2.24) is 0 Å². The van der Waals surface area contributed by atoms with E-state index in [9.17, 15) is 9.18 Å². The van der Waals surface area contributed by atoms with Crippen molar-refractivity contribution in [3.8, 4) is 11.5 Å². The summed E-state index contributed by atoms with van der Waals surface area (Å²) in [7, 11) is 0. The van der Waals surface area contributed by atoms with E-state index in [4.69, 9.17) is 21.1 Å². The molecule has 21 heavy (non-hydrogen) atoms. The molecule has 0 saturated heterocycles. The normalized spacial score (nSPS) is 10.2. The van der Waals surface area contributed by atoms with Crippen LogP contribution in [0, 0.1) is 5.82 Å². The second kappa shape index (κ2) is 7.09. The quantitative estimate of drug-likeness (QED) is 0.752. The van der Waals surface area contributed by atoms with E-state index in [0.29, 0.717) is 17.9 Å². The molecule has 0 radical (unpaired) electrons. The Kier molecular flexibility index (Phi) is 5.17. The van der Waals surface area contributed by atoms with Gasteiger partial charge in [0.25, 0.3) is 0 Å². The maximum atomic E-state index is 12.9. The molecule has 3 nitrogen and oxygen atoms in total. The Morgan fingerprint density at radius 1 is 1.14 bits per heavy atom. The van der Waals surface area contributed by atoms with Crippen molar-refractivity contribution < 1.29 is 18.7 Å². The van der Waals surface area contributed by atoms with Crippen molar-refractivity contribution in [2.24, 2.45) is 0 Å². The summed E-state index contributed by atoms with van der Waals surface area (Å²) < 4.78 is 23.5. The lowest BCUT2D eigenvalue weighted by Gasteiger charge is -2.08. The van der Waals surface area contributed by atoms with Crippen molar-refractivity contribution in [2.45, 2.75) is 6.92 Å². The lowest BCUT2D eigenvalue weighted by Crippen LogP contribution is -2.11. The van der Waals surface area contributed by atoms with Crippen LogP contribution in [-0.2, 0) is 0 Å². The van der Waals surface area contributed by atoms with Crippen LogP contribution in [0.2, 0.25) is 5.02 Å². The molecular formula is C16H14ClFO3. The van der Waals surface area contributed by atoms with Gasteiger partial charge in [-0.25, -0.2) is 4.39 Å². The minimum atomic E-state index is -0.454. The molecule has 0 unspecified atom stereocenters. The van der Waals surface area contributed by atoms with E-state index < -0.39 is 5.82 Å². The molecule has 0 aliphatic rings. The van der Waals surface area contributed by atoms with Gasteiger partial charge in [-0.1, -0.05) is 11.6 Å². The molecule has 0 N–H and O–H groups in total. The smallest absolute Gasteiger partial charge is 0.200 e. The van der Waals surface area contributed by atoms with Gasteiger partial charge in [0.2, 0.25) is 0 Å². The van der Waals surface area contributed by atoms with Gasteiger partial charge in [0, 0.05) is 5.56 Å². The Balaban J connectivity index is 1.98. The van der Waals surface area contributed by atoms with Crippen LogP contribution in [0.4, 0.5) is 4.39 Å². The zero-order valence-electron chi connectivity index (χ0n) is 11.4. The van der Waals surface area contributed by atoms with Crippen molar-refractivity contribution >= 4 is 17.4 Å². The van der Waals surface area contributed by atoms with Crippen LogP contribution in [0.25, 0.3) is 0 Å². The number of benzene rings is 2. The Labute approximate surface area is 127 Å². The molecule has 0 atom stereocenters. The van der Waals surface area contributed by atoms with Gasteiger partial charge >= 0.3 is 0 Å². The first kappa shape index (κ1) is 15.3. The van der Waals surface area contributed by atoms with Crippen LogP contribution in [0.3, 0.4) is 0 Å². The third-order valence-corrected chi connectivity index (χ3v) is 3.04. The fourth-order valence-corrected chi connectivity index (χ4v) is 1.94. The molecule has 0 amide bonds. The van der Waals surface area contributed by atoms with E-state index in [2.05, 4.69) is 0 Å². The molecule has 0 aliphatic heterocycles. The molecule has 2 aromatic rings. The zero-order valence-corrected chi connectivity index (χ0v) is 12.2. The highest BCUT2D eigenvalue weighted by atomic mass is 35.5. The number of Topliss-reactive ketones (excluding diaryl/α,β-unsaturated/α-hetero) is 1. The van der Waals surface area contributed by atoms with Crippen LogP contribution in [0.5, 0.6) is 11.5 Å². The van der Waals surface area contributed by atoms with E-state index in [1.165, 1.54) is 12.1 Å². The molecule has 110 valence electrons. The van der Waals surface area contributed by atoms with Gasteiger partial charge in [0.1, 0.15) is 17.3 Å². The minimum Gasteiger partial charge on any atom is -0.494 e. The Morgan fingerprint density at radius 3 is 2.48 bits per heavy atom. The van der Waals surface area contributed by atoms with Crippen molar-refractivity contribution in [3.63, 3.8) is 0 Å². The van der Waals surface area contributed by atoms with Crippen LogP contribution in [-0.4, -0.2) is 19.0 Å². The Morgan fingerprint density at radius 2 is 1.86 bits per heavy atom. The summed E-state index contributed by atoms with van der Waals surface area (Å²) in [5, 5.41) is 0.134. The summed E-state index contributed by atoms with van der Waals surface area (Å²) >= 11 is 5.82. The van der Waals surface area contributed by atoms with E-state index >= 15 is 0 Å². The van der Waals surface area contributed by atoms with Crippen LogP contribution < -0.4 is 9.47 Å². The molecule has 0 aromatic heterocycles. The van der Waals surface area contributed by atoms with Gasteiger partial charge in [-0.3, -0.25) is 4.79 Å². The molecule has 0 aliphatic carbocycles. The monoisotopic (exact) mass is 308 g/mol. The van der Waals surface area contributed by atoms with Gasteiger partial charge < -0.3 is 9.47 Å².